The van der Waals surface area contributed by atoms with Crippen LogP contribution < -0.4 is 5.32 Å². The molecule has 1 aromatic carbocycles. The van der Waals surface area contributed by atoms with Gasteiger partial charge < -0.3 is 0 Å². The molecule has 1 aromatic rings. The molecule has 16 heavy (non-hydrogen) atoms. The molecule has 0 bridgehead atoms. The molecule has 1 unspecified atom stereocenters. The summed E-state index contributed by atoms with van der Waals surface area (Å²) in [7, 11) is 0. The quantitative estimate of drug-likeness (QED) is 0.783. The number of halogens is 1. The Morgan fingerprint density at radius 1 is 1.56 bits per heavy atom. The molecule has 0 spiro atoms. The number of nitriles is 1. The van der Waals surface area contributed by atoms with Gasteiger partial charge in [0.2, 0.25) is 0 Å². The highest BCUT2D eigenvalue weighted by Crippen LogP contribution is 2.10. The maximum Gasteiger partial charge on any atom is 0.127 e. The molecule has 0 radical (unpaired) electrons. The molecule has 3 heteroatoms. The van der Waals surface area contributed by atoms with Crippen LogP contribution in [0.15, 0.2) is 18.2 Å². The van der Waals surface area contributed by atoms with E-state index in [0.29, 0.717) is 17.7 Å². The SMILES string of the molecule is C#CC(CC)NCc1cc(C#N)ccc1F. The fourth-order valence-electron chi connectivity index (χ4n) is 1.33. The molecule has 0 saturated heterocycles. The number of nitrogens with one attached hydrogen (secondary N) is 1. The number of terminal acetylenes is 1. The summed E-state index contributed by atoms with van der Waals surface area (Å²) in [6, 6.07) is 6.20. The second kappa shape index (κ2) is 5.90. The fraction of sp³-hybridized carbons (Fsp3) is 0.308. The summed E-state index contributed by atoms with van der Waals surface area (Å²) in [5.41, 5.74) is 0.916. The lowest BCUT2D eigenvalue weighted by molar-refractivity contribution is 0.556. The lowest BCUT2D eigenvalue weighted by Crippen LogP contribution is -2.26. The first-order valence-corrected chi connectivity index (χ1v) is 5.09. The van der Waals surface area contributed by atoms with E-state index in [9.17, 15) is 4.39 Å². The summed E-state index contributed by atoms with van der Waals surface area (Å²) in [6.45, 7) is 2.30. The summed E-state index contributed by atoms with van der Waals surface area (Å²) in [6.07, 6.45) is 6.07. The third-order valence-corrected chi connectivity index (χ3v) is 2.32. The van der Waals surface area contributed by atoms with Gasteiger partial charge in [-0.2, -0.15) is 5.26 Å². The van der Waals surface area contributed by atoms with Crippen LogP contribution in [0.2, 0.25) is 0 Å². The largest absolute Gasteiger partial charge is 0.299 e. The lowest BCUT2D eigenvalue weighted by atomic mass is 10.1. The summed E-state index contributed by atoms with van der Waals surface area (Å²) >= 11 is 0. The monoisotopic (exact) mass is 216 g/mol. The van der Waals surface area contributed by atoms with Crippen molar-refractivity contribution in [3.8, 4) is 18.4 Å². The number of nitrogens with zero attached hydrogens (tertiary/aromatic N) is 1. The minimum atomic E-state index is -0.321. The maximum atomic E-state index is 13.4. The third-order valence-electron chi connectivity index (χ3n) is 2.32. The Balaban J connectivity index is 2.74. The van der Waals surface area contributed by atoms with Crippen LogP contribution in [0, 0.1) is 29.5 Å². The van der Waals surface area contributed by atoms with Crippen LogP contribution >= 0.6 is 0 Å². The lowest BCUT2D eigenvalue weighted by Gasteiger charge is -2.11. The van der Waals surface area contributed by atoms with Gasteiger partial charge in [0.25, 0.3) is 0 Å². The molecule has 0 saturated carbocycles. The van der Waals surface area contributed by atoms with Gasteiger partial charge in [0.15, 0.2) is 0 Å². The van der Waals surface area contributed by atoms with E-state index in [1.165, 1.54) is 18.2 Å². The number of hydrogen-bond acceptors (Lipinski definition) is 2. The molecule has 0 heterocycles. The molecule has 0 aliphatic rings. The van der Waals surface area contributed by atoms with Crippen LogP contribution in [0.4, 0.5) is 4.39 Å². The second-order valence-electron chi connectivity index (χ2n) is 3.43. The van der Waals surface area contributed by atoms with Crippen molar-refractivity contribution in [3.05, 3.63) is 35.1 Å². The van der Waals surface area contributed by atoms with Crippen LogP contribution in [-0.2, 0) is 6.54 Å². The Labute approximate surface area is 95.1 Å². The van der Waals surface area contributed by atoms with Gasteiger partial charge >= 0.3 is 0 Å². The highest BCUT2D eigenvalue weighted by Gasteiger charge is 2.06. The predicted octanol–water partition coefficient (Wildman–Crippen LogP) is 2.20. The van der Waals surface area contributed by atoms with Crippen molar-refractivity contribution in [1.29, 1.82) is 5.26 Å². The molecule has 0 aliphatic carbocycles. The molecule has 1 rings (SSSR count). The van der Waals surface area contributed by atoms with E-state index >= 15 is 0 Å². The average molecular weight is 216 g/mol. The van der Waals surface area contributed by atoms with Crippen molar-refractivity contribution >= 4 is 0 Å². The molecule has 0 aliphatic heterocycles. The Hall–Kier alpha value is -1.84. The first kappa shape index (κ1) is 12.2. The van der Waals surface area contributed by atoms with Crippen molar-refractivity contribution in [2.45, 2.75) is 25.9 Å². The second-order valence-corrected chi connectivity index (χ2v) is 3.43. The van der Waals surface area contributed by atoms with Gasteiger partial charge in [-0.3, -0.25) is 5.32 Å². The number of benzene rings is 1. The van der Waals surface area contributed by atoms with Crippen LogP contribution in [0.3, 0.4) is 0 Å². The van der Waals surface area contributed by atoms with Gasteiger partial charge in [0.1, 0.15) is 5.82 Å². The van der Waals surface area contributed by atoms with E-state index in [0.717, 1.165) is 6.42 Å². The van der Waals surface area contributed by atoms with Gasteiger partial charge in [-0.1, -0.05) is 12.8 Å². The minimum absolute atomic E-state index is 0.0647. The van der Waals surface area contributed by atoms with E-state index in [-0.39, 0.29) is 11.9 Å². The highest BCUT2D eigenvalue weighted by atomic mass is 19.1. The topological polar surface area (TPSA) is 35.8 Å². The normalized spacial score (nSPS) is 11.5. The Bertz CT molecular complexity index is 440. The van der Waals surface area contributed by atoms with E-state index in [1.807, 2.05) is 13.0 Å². The van der Waals surface area contributed by atoms with E-state index in [4.69, 9.17) is 11.7 Å². The molecule has 0 fully saturated rings. The number of rotatable bonds is 4. The molecule has 0 aromatic heterocycles. The summed E-state index contributed by atoms with van der Waals surface area (Å²) < 4.78 is 13.4. The van der Waals surface area contributed by atoms with Crippen LogP contribution in [0.25, 0.3) is 0 Å². The van der Waals surface area contributed by atoms with Crippen molar-refractivity contribution in [3.63, 3.8) is 0 Å². The number of hydrogen-bond donors (Lipinski definition) is 1. The molecular weight excluding hydrogens is 203 g/mol. The van der Waals surface area contributed by atoms with Gasteiger partial charge in [0, 0.05) is 12.1 Å². The molecule has 82 valence electrons. The molecule has 1 N–H and O–H groups in total. The van der Waals surface area contributed by atoms with Crippen LogP contribution in [0.1, 0.15) is 24.5 Å². The third kappa shape index (κ3) is 3.08. The fourth-order valence-corrected chi connectivity index (χ4v) is 1.33. The maximum absolute atomic E-state index is 13.4. The van der Waals surface area contributed by atoms with Gasteiger partial charge in [-0.25, -0.2) is 4.39 Å². The summed E-state index contributed by atoms with van der Waals surface area (Å²) in [4.78, 5) is 0. The van der Waals surface area contributed by atoms with Crippen molar-refractivity contribution in [2.75, 3.05) is 0 Å². The zero-order valence-corrected chi connectivity index (χ0v) is 9.13. The first-order valence-electron chi connectivity index (χ1n) is 5.09. The van der Waals surface area contributed by atoms with Crippen molar-refractivity contribution in [2.24, 2.45) is 0 Å². The predicted molar refractivity (Wildman–Crippen MR) is 60.9 cm³/mol. The van der Waals surface area contributed by atoms with Gasteiger partial charge in [-0.15, -0.1) is 6.42 Å². The molecule has 1 atom stereocenters. The minimum Gasteiger partial charge on any atom is -0.299 e. The Morgan fingerprint density at radius 2 is 2.31 bits per heavy atom. The molecule has 2 nitrogen and oxygen atoms in total. The smallest absolute Gasteiger partial charge is 0.127 e. The Morgan fingerprint density at radius 3 is 2.88 bits per heavy atom. The van der Waals surface area contributed by atoms with Gasteiger partial charge in [-0.05, 0) is 24.6 Å². The van der Waals surface area contributed by atoms with Gasteiger partial charge in [0.05, 0.1) is 17.7 Å². The van der Waals surface area contributed by atoms with E-state index in [2.05, 4.69) is 11.2 Å². The summed E-state index contributed by atoms with van der Waals surface area (Å²) in [5, 5.41) is 11.7. The first-order chi connectivity index (χ1) is 7.71. The van der Waals surface area contributed by atoms with E-state index < -0.39 is 0 Å². The Kier molecular flexibility index (Phi) is 4.51. The zero-order valence-electron chi connectivity index (χ0n) is 9.13. The average Bonchev–Trinajstić information content (AvgIpc) is 2.32. The molecular formula is C13H13FN2. The van der Waals surface area contributed by atoms with Crippen LogP contribution in [0.5, 0.6) is 0 Å². The standard InChI is InChI=1S/C13H13FN2/c1-3-12(4-2)16-9-11-7-10(8-15)5-6-13(11)14/h1,5-7,12,16H,4,9H2,2H3. The molecule has 0 amide bonds. The van der Waals surface area contributed by atoms with Crippen molar-refractivity contribution in [1.82, 2.24) is 5.32 Å². The summed E-state index contributed by atoms with van der Waals surface area (Å²) in [5.74, 6) is 2.25. The van der Waals surface area contributed by atoms with Crippen molar-refractivity contribution < 1.29 is 4.39 Å². The van der Waals surface area contributed by atoms with Crippen LogP contribution in [-0.4, -0.2) is 6.04 Å². The highest BCUT2D eigenvalue weighted by molar-refractivity contribution is 5.33. The van der Waals surface area contributed by atoms with E-state index in [1.54, 1.807) is 0 Å². The zero-order chi connectivity index (χ0) is 12.0.